The minimum Gasteiger partial charge on any atom is -0.450 e. The van der Waals surface area contributed by atoms with Gasteiger partial charge in [-0.3, -0.25) is 54.6 Å². The highest BCUT2D eigenvalue weighted by Crippen LogP contribution is 2.41. The molecule has 0 spiro atoms. The highest BCUT2D eigenvalue weighted by Gasteiger charge is 2.62. The van der Waals surface area contributed by atoms with Crippen LogP contribution in [0.1, 0.15) is 62.1 Å². The van der Waals surface area contributed by atoms with Gasteiger partial charge < -0.3 is 78.6 Å². The van der Waals surface area contributed by atoms with E-state index in [2.05, 4.69) is 50.2 Å². The standard InChI is InChI=1S/C48H36O60S12/c49-43(19-3-25(98-110(58,59)60)13-26(4-19)99-111(61,62)63)91-37-38(92-44(50)20-5-27(100-112(64,65)66)14-28(6-20)101-113(67,68)69)40(94-46(52)22-9-31(104-116(76,77)78)16-32(10-22)105-117(79,80)81)42(96-48(54)35-2-1-24(97-109(55,56)57)18-36(35)108-120(88,89)90)41(95-47(53)23-11-33(106-118(82,83)84)17-34(12-23)107-119(85,86)87)39(37)93-45(51)21-7-29(102-114(70,71)72)15-30(8-21)103-115(73,74)75/h1-18,37-42H,(H,55,56,57)(H,58,59,60)(H,61,62,63)(H,64,65,66)(H,67,68,69)(H,70,71,72)(H,73,74,75)(H,76,77,78)(H,79,80,81)(H,82,83,84)(H,85,86,87)(H,88,89,90)/t37?,38-,39+,40+,41-,42?. The van der Waals surface area contributed by atoms with Crippen LogP contribution >= 0.6 is 0 Å². The first-order valence-corrected chi connectivity index (χ1v) is 44.8. The summed E-state index contributed by atoms with van der Waals surface area (Å²) in [5.74, 6) is -35.6. The highest BCUT2D eigenvalue weighted by atomic mass is 32.3. The molecule has 660 valence electrons. The van der Waals surface area contributed by atoms with Crippen molar-refractivity contribution in [2.45, 2.75) is 36.6 Å². The molecule has 0 heterocycles. The Kier molecular flexibility index (Phi) is 28.1. The van der Waals surface area contributed by atoms with Gasteiger partial charge in [-0.15, -0.1) is 0 Å². The quantitative estimate of drug-likeness (QED) is 0.0110. The van der Waals surface area contributed by atoms with Crippen molar-refractivity contribution in [1.82, 2.24) is 0 Å². The molecular formula is C48H36O60S12. The number of carbonyl (C=O) groups is 6. The van der Waals surface area contributed by atoms with Gasteiger partial charge in [-0.05, 0) is 72.8 Å². The number of carbonyl (C=O) groups excluding carboxylic acids is 6. The molecule has 0 aliphatic heterocycles. The van der Waals surface area contributed by atoms with Crippen molar-refractivity contribution in [3.63, 3.8) is 0 Å². The van der Waals surface area contributed by atoms with Crippen molar-refractivity contribution in [1.29, 1.82) is 0 Å². The third-order valence-electron chi connectivity index (χ3n) is 12.6. The van der Waals surface area contributed by atoms with Gasteiger partial charge in [0.05, 0.1) is 27.8 Å². The summed E-state index contributed by atoms with van der Waals surface area (Å²) in [4.78, 5) is 91.7. The van der Waals surface area contributed by atoms with Gasteiger partial charge >= 0.3 is 161 Å². The molecule has 7 rings (SSSR count). The predicted molar refractivity (Wildman–Crippen MR) is 360 cm³/mol. The van der Waals surface area contributed by atoms with Crippen LogP contribution in [0.2, 0.25) is 0 Å². The van der Waals surface area contributed by atoms with Crippen LogP contribution in [-0.2, 0) is 153 Å². The smallest absolute Gasteiger partial charge is 0.446 e. The Morgan fingerprint density at radius 2 is 0.325 bits per heavy atom. The zero-order valence-electron chi connectivity index (χ0n) is 55.7. The molecule has 0 saturated heterocycles. The summed E-state index contributed by atoms with van der Waals surface area (Å²) in [6.45, 7) is 0. The van der Waals surface area contributed by atoms with E-state index in [1.165, 1.54) is 0 Å². The Labute approximate surface area is 667 Å². The lowest BCUT2D eigenvalue weighted by molar-refractivity contribution is -0.223. The largest absolute Gasteiger partial charge is 0.450 e. The van der Waals surface area contributed by atoms with Gasteiger partial charge in [-0.1, -0.05) is 0 Å². The summed E-state index contributed by atoms with van der Waals surface area (Å²) in [6, 6.07) is -0.533. The minimum absolute atomic E-state index is 0.00430. The molecular weight excluding hydrogens is 1920 g/mol. The first-order valence-electron chi connectivity index (χ1n) is 28.4. The van der Waals surface area contributed by atoms with Crippen molar-refractivity contribution >= 4 is 161 Å². The summed E-state index contributed by atoms with van der Waals surface area (Å²) < 4.78 is 491. The zero-order chi connectivity index (χ0) is 90.8. The van der Waals surface area contributed by atoms with Crippen LogP contribution < -0.4 is 50.2 Å². The van der Waals surface area contributed by atoms with E-state index in [-0.39, 0.29) is 109 Å². The monoisotopic (exact) mass is 1960 g/mol. The summed E-state index contributed by atoms with van der Waals surface area (Å²) >= 11 is 0. The predicted octanol–water partition coefficient (Wildman–Crippen LogP) is -2.47. The third kappa shape index (κ3) is 31.7. The van der Waals surface area contributed by atoms with Crippen LogP contribution in [0.3, 0.4) is 0 Å². The first kappa shape index (κ1) is 95.8. The molecule has 1 fully saturated rings. The second-order valence-electron chi connectivity index (χ2n) is 21.5. The fraction of sp³-hybridized carbons (Fsp3) is 0.125. The maximum Gasteiger partial charge on any atom is 0.446 e. The van der Waals surface area contributed by atoms with Crippen LogP contribution in [-0.4, -0.2) is 228 Å². The molecule has 0 aromatic heterocycles. The van der Waals surface area contributed by atoms with Gasteiger partial charge in [0.15, 0.2) is 42.4 Å². The molecule has 6 aromatic carbocycles. The van der Waals surface area contributed by atoms with Crippen molar-refractivity contribution in [2.24, 2.45) is 0 Å². The van der Waals surface area contributed by atoms with E-state index in [9.17, 15) is 156 Å². The number of ether oxygens (including phenoxy) is 6. The van der Waals surface area contributed by atoms with E-state index in [0.29, 0.717) is 0 Å². The van der Waals surface area contributed by atoms with Crippen LogP contribution in [0.4, 0.5) is 0 Å². The molecule has 1 aliphatic carbocycles. The van der Waals surface area contributed by atoms with Gasteiger partial charge in [0.25, 0.3) is 0 Å². The lowest BCUT2D eigenvalue weighted by Gasteiger charge is -2.47. The number of esters is 6. The Morgan fingerprint density at radius 3 is 0.475 bits per heavy atom. The second kappa shape index (κ2) is 35.2. The molecule has 60 nitrogen and oxygen atoms in total. The molecule has 2 unspecified atom stereocenters. The zero-order valence-corrected chi connectivity index (χ0v) is 65.5. The van der Waals surface area contributed by atoms with E-state index in [1.807, 2.05) is 0 Å². The third-order valence-corrected chi connectivity index (χ3v) is 17.4. The number of benzene rings is 6. The Bertz CT molecular complexity index is 6110. The lowest BCUT2D eigenvalue weighted by Crippen LogP contribution is -2.69. The average Bonchev–Trinajstić information content (AvgIpc) is 0.743. The fourth-order valence-corrected chi connectivity index (χ4v) is 13.3. The van der Waals surface area contributed by atoms with Crippen molar-refractivity contribution in [2.75, 3.05) is 0 Å². The van der Waals surface area contributed by atoms with Crippen LogP contribution in [0, 0.1) is 0 Å². The molecule has 120 heavy (non-hydrogen) atoms. The maximum absolute atomic E-state index is 15.3. The normalized spacial score (nSPS) is 17.0. The molecule has 6 atom stereocenters. The summed E-state index contributed by atoms with van der Waals surface area (Å²) in [7, 11) is -72.5. The number of hydrogen-bond acceptors (Lipinski definition) is 48. The molecule has 0 amide bonds. The Morgan fingerprint density at radius 1 is 0.183 bits per heavy atom. The minimum atomic E-state index is -6.27. The first-order chi connectivity index (χ1) is 54.2. The van der Waals surface area contributed by atoms with Crippen LogP contribution in [0.25, 0.3) is 0 Å². The van der Waals surface area contributed by atoms with E-state index in [0.717, 1.165) is 0 Å². The van der Waals surface area contributed by atoms with Crippen molar-refractivity contribution in [3.05, 3.63) is 143 Å². The van der Waals surface area contributed by atoms with Gasteiger partial charge in [-0.2, -0.15) is 101 Å². The van der Waals surface area contributed by atoms with E-state index < -0.39 is 300 Å². The number of hydrogen-bond donors (Lipinski definition) is 12. The molecule has 1 saturated carbocycles. The molecule has 12 N–H and O–H groups in total. The molecule has 0 radical (unpaired) electrons. The van der Waals surface area contributed by atoms with Crippen molar-refractivity contribution in [3.8, 4) is 69.0 Å². The molecule has 1 aliphatic rings. The van der Waals surface area contributed by atoms with Gasteiger partial charge in [0, 0.05) is 36.4 Å². The van der Waals surface area contributed by atoms with Crippen molar-refractivity contribution < 1.29 is 263 Å². The van der Waals surface area contributed by atoms with E-state index in [4.69, 9.17) is 28.4 Å². The van der Waals surface area contributed by atoms with Gasteiger partial charge in [0.2, 0.25) is 0 Å². The second-order valence-corrected chi connectivity index (χ2v) is 33.7. The maximum atomic E-state index is 15.3. The molecule has 0 bridgehead atoms. The molecule has 6 aromatic rings. The van der Waals surface area contributed by atoms with E-state index in [1.54, 1.807) is 0 Å². The SMILES string of the molecule is O=C(OC1[C@@H](OC(=O)c2cc(OS(=O)(=O)O)cc(OS(=O)(=O)O)c2)[C@H](OC(=O)c2cc(OS(=O)(=O)O)cc(OS(=O)(=O)O)c2)C(OC(=O)c2ccc(OS(=O)(=O)O)cc2OS(=O)(=O)O)[C@H](OC(=O)c2cc(OS(=O)(=O)O)cc(OS(=O)(=O)O)c2)[C@H]1OC(=O)c1cc(OS(=O)(=O)O)cc(OS(=O)(=O)O)c1)c1cc(OS(=O)(=O)O)cc(OS(=O)(=O)O)c1. The fourth-order valence-electron chi connectivity index (χ4n) is 9.24. The van der Waals surface area contributed by atoms with Crippen LogP contribution in [0.15, 0.2) is 109 Å². The van der Waals surface area contributed by atoms with Gasteiger partial charge in [-0.25, -0.2) is 28.8 Å². The number of rotatable bonds is 36. The topological polar surface area (TPSA) is 921 Å². The summed E-state index contributed by atoms with van der Waals surface area (Å²) in [5.41, 5.74) is -10.5. The lowest BCUT2D eigenvalue weighted by atomic mass is 9.83. The highest BCUT2D eigenvalue weighted by molar-refractivity contribution is 7.83. The van der Waals surface area contributed by atoms with Crippen LogP contribution in [0.5, 0.6) is 69.0 Å². The Balaban J connectivity index is 1.78. The summed E-state index contributed by atoms with van der Waals surface area (Å²) in [6.07, 6.45) is -23.5. The van der Waals surface area contributed by atoms with E-state index >= 15 is 28.8 Å². The van der Waals surface area contributed by atoms with Gasteiger partial charge in [0.1, 0.15) is 68.8 Å². The molecule has 72 heteroatoms. The summed E-state index contributed by atoms with van der Waals surface area (Å²) in [5, 5.41) is 0. The average molecular weight is 1960 g/mol. The Hall–Kier alpha value is -11.3.